The van der Waals surface area contributed by atoms with E-state index in [2.05, 4.69) is 109 Å². The number of furan rings is 1. The van der Waals surface area contributed by atoms with E-state index in [-0.39, 0.29) is 0 Å². The molecule has 6 aromatic carbocycles. The lowest BCUT2D eigenvalue weighted by molar-refractivity contribution is 0.656. The summed E-state index contributed by atoms with van der Waals surface area (Å²) in [6.07, 6.45) is 0. The number of rotatable bonds is 5. The van der Waals surface area contributed by atoms with Gasteiger partial charge in [0.05, 0.1) is 22.3 Å². The third-order valence-corrected chi connectivity index (χ3v) is 8.72. The Bertz CT molecular complexity index is 2550. The fraction of sp³-hybridized carbons (Fsp3) is 0. The van der Waals surface area contributed by atoms with E-state index in [1.165, 1.54) is 11.1 Å². The quantitative estimate of drug-likeness (QED) is 0.197. The molecule has 0 unspecified atom stereocenters. The van der Waals surface area contributed by atoms with Crippen LogP contribution in [-0.2, 0) is 0 Å². The van der Waals surface area contributed by atoms with Gasteiger partial charge >= 0.3 is 0 Å². The first-order valence-corrected chi connectivity index (χ1v) is 15.7. The Kier molecular flexibility index (Phi) is 6.43. The zero-order valence-corrected chi connectivity index (χ0v) is 25.3. The van der Waals surface area contributed by atoms with Crippen molar-refractivity contribution in [2.75, 3.05) is 0 Å². The van der Waals surface area contributed by atoms with Crippen molar-refractivity contribution in [3.63, 3.8) is 0 Å². The second-order valence-corrected chi connectivity index (χ2v) is 11.6. The summed E-state index contributed by atoms with van der Waals surface area (Å²) >= 11 is 0. The highest BCUT2D eigenvalue weighted by Crippen LogP contribution is 2.41. The zero-order chi connectivity index (χ0) is 31.2. The van der Waals surface area contributed by atoms with Crippen LogP contribution in [0.3, 0.4) is 0 Å². The molecular weight excluding hydrogens is 574 g/mol. The van der Waals surface area contributed by atoms with E-state index in [0.717, 1.165) is 66.5 Å². The van der Waals surface area contributed by atoms with E-state index in [4.69, 9.17) is 19.4 Å². The van der Waals surface area contributed by atoms with Gasteiger partial charge in [0.15, 0.2) is 5.82 Å². The van der Waals surface area contributed by atoms with Crippen LogP contribution in [0.5, 0.6) is 0 Å². The molecule has 0 aliphatic heterocycles. The normalized spacial score (nSPS) is 11.4. The summed E-state index contributed by atoms with van der Waals surface area (Å²) in [7, 11) is 0. The van der Waals surface area contributed by atoms with E-state index < -0.39 is 0 Å². The standard InChI is InChI=1S/C43H27N3O/c1-3-12-28(13-4-1)29-22-24-30(25-23-29)37-27-38(45-42(44-37)31-14-5-2-6-15-31)32-16-11-17-33(26-32)40-34-18-7-9-20-36(34)46-43-41(40)35-19-8-10-21-39(35)47-43/h1-27H. The van der Waals surface area contributed by atoms with Crippen molar-refractivity contribution >= 4 is 33.0 Å². The molecule has 220 valence electrons. The smallest absolute Gasteiger partial charge is 0.228 e. The van der Waals surface area contributed by atoms with Crippen molar-refractivity contribution in [1.29, 1.82) is 0 Å². The third kappa shape index (κ3) is 4.84. The summed E-state index contributed by atoms with van der Waals surface area (Å²) in [5, 5.41) is 3.15. The minimum absolute atomic E-state index is 0.639. The number of benzene rings is 6. The SMILES string of the molecule is c1ccc(-c2ccc(-c3cc(-c4cccc(-c5c6ccccc6nc6oc7ccccc7c56)c4)nc(-c4ccccc4)n3)cc2)cc1. The number of fused-ring (bicyclic) bond motifs is 4. The zero-order valence-electron chi connectivity index (χ0n) is 25.3. The van der Waals surface area contributed by atoms with Gasteiger partial charge in [-0.1, -0.05) is 140 Å². The van der Waals surface area contributed by atoms with Crippen molar-refractivity contribution in [2.24, 2.45) is 0 Å². The maximum Gasteiger partial charge on any atom is 0.228 e. The van der Waals surface area contributed by atoms with Crippen molar-refractivity contribution in [3.8, 4) is 56.2 Å². The van der Waals surface area contributed by atoms with Crippen LogP contribution in [0.4, 0.5) is 0 Å². The molecule has 0 N–H and O–H groups in total. The van der Waals surface area contributed by atoms with Gasteiger partial charge in [-0.05, 0) is 41.0 Å². The third-order valence-electron chi connectivity index (χ3n) is 8.72. The topological polar surface area (TPSA) is 51.8 Å². The number of aromatic nitrogens is 3. The maximum atomic E-state index is 6.27. The molecule has 0 fully saturated rings. The minimum Gasteiger partial charge on any atom is -0.438 e. The second-order valence-electron chi connectivity index (χ2n) is 11.6. The molecule has 4 nitrogen and oxygen atoms in total. The first kappa shape index (κ1) is 27.0. The van der Waals surface area contributed by atoms with Crippen molar-refractivity contribution < 1.29 is 4.42 Å². The Morgan fingerprint density at radius 3 is 1.74 bits per heavy atom. The molecule has 9 aromatic rings. The highest BCUT2D eigenvalue weighted by molar-refractivity contribution is 6.18. The molecule has 0 amide bonds. The molecule has 0 saturated heterocycles. The van der Waals surface area contributed by atoms with E-state index in [1.54, 1.807) is 0 Å². The van der Waals surface area contributed by atoms with Crippen LogP contribution in [0.1, 0.15) is 0 Å². The predicted molar refractivity (Wildman–Crippen MR) is 192 cm³/mol. The summed E-state index contributed by atoms with van der Waals surface area (Å²) < 4.78 is 6.27. The Balaban J connectivity index is 1.23. The number of para-hydroxylation sites is 2. The Morgan fingerprint density at radius 2 is 0.957 bits per heavy atom. The molecular formula is C43H27N3O. The van der Waals surface area contributed by atoms with Crippen LogP contribution in [0, 0.1) is 0 Å². The monoisotopic (exact) mass is 601 g/mol. The number of hydrogen-bond acceptors (Lipinski definition) is 4. The maximum absolute atomic E-state index is 6.27. The Morgan fingerprint density at radius 1 is 0.383 bits per heavy atom. The lowest BCUT2D eigenvalue weighted by Gasteiger charge is -2.12. The molecule has 0 bridgehead atoms. The molecule has 0 radical (unpaired) electrons. The summed E-state index contributed by atoms with van der Waals surface area (Å²) in [4.78, 5) is 15.1. The van der Waals surface area contributed by atoms with Crippen LogP contribution in [0.2, 0.25) is 0 Å². The fourth-order valence-corrected chi connectivity index (χ4v) is 6.44. The van der Waals surface area contributed by atoms with Crippen LogP contribution in [-0.4, -0.2) is 15.0 Å². The molecule has 0 spiro atoms. The molecule has 0 atom stereocenters. The van der Waals surface area contributed by atoms with Crippen molar-refractivity contribution in [2.45, 2.75) is 0 Å². The summed E-state index contributed by atoms with van der Waals surface area (Å²) in [5.74, 6) is 0.688. The first-order chi connectivity index (χ1) is 23.3. The molecule has 0 saturated carbocycles. The lowest BCUT2D eigenvalue weighted by atomic mass is 9.94. The Hall–Kier alpha value is -6.39. The van der Waals surface area contributed by atoms with Crippen molar-refractivity contribution in [3.05, 3.63) is 164 Å². The van der Waals surface area contributed by atoms with Crippen LogP contribution < -0.4 is 0 Å². The van der Waals surface area contributed by atoms with Crippen LogP contribution in [0.15, 0.2) is 168 Å². The Labute approximate surface area is 271 Å². The van der Waals surface area contributed by atoms with Crippen molar-refractivity contribution in [1.82, 2.24) is 15.0 Å². The van der Waals surface area contributed by atoms with E-state index in [1.807, 2.05) is 54.6 Å². The molecule has 47 heavy (non-hydrogen) atoms. The molecule has 9 rings (SSSR count). The summed E-state index contributed by atoms with van der Waals surface area (Å²) in [6.45, 7) is 0. The molecule has 3 aromatic heterocycles. The number of pyridine rings is 1. The summed E-state index contributed by atoms with van der Waals surface area (Å²) in [5.41, 5.74) is 11.6. The number of nitrogens with zero attached hydrogens (tertiary/aromatic N) is 3. The summed E-state index contributed by atoms with van der Waals surface area (Å²) in [6, 6.07) is 56.3. The molecule has 3 heterocycles. The van der Waals surface area contributed by atoms with E-state index in [9.17, 15) is 0 Å². The second kappa shape index (κ2) is 11.2. The van der Waals surface area contributed by atoms with Gasteiger partial charge in [0.1, 0.15) is 5.58 Å². The number of hydrogen-bond donors (Lipinski definition) is 0. The van der Waals surface area contributed by atoms with Crippen LogP contribution >= 0.6 is 0 Å². The van der Waals surface area contributed by atoms with Gasteiger partial charge in [0.2, 0.25) is 5.71 Å². The first-order valence-electron chi connectivity index (χ1n) is 15.7. The highest BCUT2D eigenvalue weighted by atomic mass is 16.3. The van der Waals surface area contributed by atoms with E-state index >= 15 is 0 Å². The van der Waals surface area contributed by atoms with Gasteiger partial charge < -0.3 is 4.42 Å². The van der Waals surface area contributed by atoms with Gasteiger partial charge in [0, 0.05) is 33.0 Å². The highest BCUT2D eigenvalue weighted by Gasteiger charge is 2.19. The molecule has 0 aliphatic carbocycles. The predicted octanol–water partition coefficient (Wildman–Crippen LogP) is 11.3. The minimum atomic E-state index is 0.639. The molecule has 4 heteroatoms. The fourth-order valence-electron chi connectivity index (χ4n) is 6.44. The van der Waals surface area contributed by atoms with Gasteiger partial charge in [-0.15, -0.1) is 0 Å². The molecule has 0 aliphatic rings. The van der Waals surface area contributed by atoms with Gasteiger partial charge in [-0.3, -0.25) is 0 Å². The van der Waals surface area contributed by atoms with Gasteiger partial charge in [-0.2, -0.15) is 0 Å². The van der Waals surface area contributed by atoms with Gasteiger partial charge in [-0.25, -0.2) is 15.0 Å². The largest absolute Gasteiger partial charge is 0.438 e. The average molecular weight is 602 g/mol. The average Bonchev–Trinajstić information content (AvgIpc) is 3.52. The lowest BCUT2D eigenvalue weighted by Crippen LogP contribution is -1.96. The van der Waals surface area contributed by atoms with Crippen LogP contribution in [0.25, 0.3) is 89.1 Å². The van der Waals surface area contributed by atoms with E-state index in [0.29, 0.717) is 11.5 Å². The van der Waals surface area contributed by atoms with Gasteiger partial charge in [0.25, 0.3) is 0 Å².